The van der Waals surface area contributed by atoms with Crippen LogP contribution in [0, 0.1) is 12.8 Å². The van der Waals surface area contributed by atoms with Crippen LogP contribution >= 0.6 is 0 Å². The fraction of sp³-hybridized carbons (Fsp3) is 0.462. The fourth-order valence-electron chi connectivity index (χ4n) is 1.74. The van der Waals surface area contributed by atoms with Gasteiger partial charge in [0.25, 0.3) is 0 Å². The number of hydrogen-bond donors (Lipinski definition) is 2. The molecule has 16 heavy (non-hydrogen) atoms. The average Bonchev–Trinajstić information content (AvgIpc) is 2.25. The smallest absolute Gasteiger partial charge is 0.310 e. The Morgan fingerprint density at radius 2 is 2.12 bits per heavy atom. The maximum absolute atomic E-state index is 11.2. The Balaban J connectivity index is 2.89. The van der Waals surface area contributed by atoms with Crippen LogP contribution in [0.15, 0.2) is 24.3 Å². The third kappa shape index (κ3) is 3.35. The van der Waals surface area contributed by atoms with Gasteiger partial charge in [-0.25, -0.2) is 0 Å². The van der Waals surface area contributed by atoms with Crippen LogP contribution in [-0.2, 0) is 4.79 Å². The van der Waals surface area contributed by atoms with Gasteiger partial charge in [0.1, 0.15) is 0 Å². The molecule has 0 saturated heterocycles. The lowest BCUT2D eigenvalue weighted by Gasteiger charge is -2.16. The molecule has 0 spiro atoms. The maximum atomic E-state index is 11.2. The van der Waals surface area contributed by atoms with Crippen LogP contribution < -0.4 is 0 Å². The molecule has 3 heteroatoms. The Morgan fingerprint density at radius 1 is 1.44 bits per heavy atom. The van der Waals surface area contributed by atoms with E-state index >= 15 is 0 Å². The van der Waals surface area contributed by atoms with Gasteiger partial charge >= 0.3 is 5.97 Å². The first-order chi connectivity index (χ1) is 7.54. The number of aliphatic carboxylic acids is 1. The second-order valence-corrected chi connectivity index (χ2v) is 4.33. The lowest BCUT2D eigenvalue weighted by atomic mass is 9.89. The van der Waals surface area contributed by atoms with Crippen molar-refractivity contribution in [2.75, 3.05) is 6.61 Å². The minimum atomic E-state index is -0.828. The van der Waals surface area contributed by atoms with Gasteiger partial charge in [0.2, 0.25) is 0 Å². The molecule has 0 radical (unpaired) electrons. The number of rotatable bonds is 5. The van der Waals surface area contributed by atoms with Crippen LogP contribution in [0.5, 0.6) is 0 Å². The molecule has 2 unspecified atom stereocenters. The van der Waals surface area contributed by atoms with Crippen molar-refractivity contribution in [2.24, 2.45) is 5.92 Å². The second-order valence-electron chi connectivity index (χ2n) is 4.33. The van der Waals surface area contributed by atoms with Gasteiger partial charge in [0.15, 0.2) is 0 Å². The van der Waals surface area contributed by atoms with Crippen molar-refractivity contribution in [1.82, 2.24) is 0 Å². The molecule has 1 aromatic rings. The van der Waals surface area contributed by atoms with E-state index in [0.29, 0.717) is 6.42 Å². The lowest BCUT2D eigenvalue weighted by molar-refractivity contribution is -0.139. The van der Waals surface area contributed by atoms with Crippen LogP contribution in [0.4, 0.5) is 0 Å². The summed E-state index contributed by atoms with van der Waals surface area (Å²) in [6, 6.07) is 7.53. The molecule has 1 aromatic carbocycles. The maximum Gasteiger partial charge on any atom is 0.310 e. The molecule has 0 aliphatic heterocycles. The van der Waals surface area contributed by atoms with Gasteiger partial charge in [0.05, 0.1) is 5.92 Å². The molecule has 0 fully saturated rings. The van der Waals surface area contributed by atoms with E-state index in [4.69, 9.17) is 5.11 Å². The van der Waals surface area contributed by atoms with Gasteiger partial charge in [-0.05, 0) is 24.8 Å². The zero-order chi connectivity index (χ0) is 12.1. The van der Waals surface area contributed by atoms with E-state index in [1.165, 1.54) is 0 Å². The molecule has 0 aliphatic carbocycles. The normalized spacial score (nSPS) is 14.4. The molecule has 0 amide bonds. The lowest BCUT2D eigenvalue weighted by Crippen LogP contribution is -2.16. The van der Waals surface area contributed by atoms with Crippen LogP contribution in [-0.4, -0.2) is 22.8 Å². The minimum absolute atomic E-state index is 0.00149. The summed E-state index contributed by atoms with van der Waals surface area (Å²) in [5.74, 6) is -1.35. The standard InChI is InChI=1S/C13H18O3/c1-9-4-3-5-11(6-9)12(13(15)16)7-10(2)8-14/h3-6,10,12,14H,7-8H2,1-2H3,(H,15,16). The van der Waals surface area contributed by atoms with Gasteiger partial charge in [-0.15, -0.1) is 0 Å². The summed E-state index contributed by atoms with van der Waals surface area (Å²) in [4.78, 5) is 11.2. The first-order valence-corrected chi connectivity index (χ1v) is 5.44. The zero-order valence-corrected chi connectivity index (χ0v) is 9.68. The van der Waals surface area contributed by atoms with E-state index in [-0.39, 0.29) is 12.5 Å². The highest BCUT2D eigenvalue weighted by Gasteiger charge is 2.22. The number of carbonyl (C=O) groups is 1. The largest absolute Gasteiger partial charge is 0.481 e. The van der Waals surface area contributed by atoms with Gasteiger partial charge in [-0.3, -0.25) is 4.79 Å². The summed E-state index contributed by atoms with van der Waals surface area (Å²) < 4.78 is 0. The third-order valence-corrected chi connectivity index (χ3v) is 2.69. The number of aliphatic hydroxyl groups excluding tert-OH is 1. The first kappa shape index (κ1) is 12.7. The van der Waals surface area contributed by atoms with Crippen LogP contribution in [0.1, 0.15) is 30.4 Å². The van der Waals surface area contributed by atoms with E-state index in [2.05, 4.69) is 0 Å². The fourth-order valence-corrected chi connectivity index (χ4v) is 1.74. The number of carboxylic acids is 1. The number of aryl methyl sites for hydroxylation is 1. The Labute approximate surface area is 95.7 Å². The summed E-state index contributed by atoms with van der Waals surface area (Å²) in [5, 5.41) is 18.2. The van der Waals surface area contributed by atoms with Gasteiger partial charge in [-0.2, -0.15) is 0 Å². The van der Waals surface area contributed by atoms with Crippen molar-refractivity contribution in [2.45, 2.75) is 26.2 Å². The molecule has 1 rings (SSSR count). The van der Waals surface area contributed by atoms with Crippen LogP contribution in [0.3, 0.4) is 0 Å². The Hall–Kier alpha value is -1.35. The number of benzene rings is 1. The highest BCUT2D eigenvalue weighted by Crippen LogP contribution is 2.24. The zero-order valence-electron chi connectivity index (χ0n) is 9.68. The van der Waals surface area contributed by atoms with E-state index in [9.17, 15) is 9.90 Å². The Kier molecular flexibility index (Phi) is 4.50. The topological polar surface area (TPSA) is 57.5 Å². The molecular formula is C13H18O3. The molecule has 0 aromatic heterocycles. The summed E-state index contributed by atoms with van der Waals surface area (Å²) in [6.07, 6.45) is 0.468. The van der Waals surface area contributed by atoms with Crippen molar-refractivity contribution in [3.05, 3.63) is 35.4 Å². The highest BCUT2D eigenvalue weighted by molar-refractivity contribution is 5.76. The highest BCUT2D eigenvalue weighted by atomic mass is 16.4. The SMILES string of the molecule is Cc1cccc(C(CC(C)CO)C(=O)O)c1. The van der Waals surface area contributed by atoms with Crippen molar-refractivity contribution in [3.8, 4) is 0 Å². The molecule has 88 valence electrons. The van der Waals surface area contributed by atoms with Crippen molar-refractivity contribution in [3.63, 3.8) is 0 Å². The predicted molar refractivity (Wildman–Crippen MR) is 62.4 cm³/mol. The molecule has 0 saturated carbocycles. The summed E-state index contributed by atoms with van der Waals surface area (Å²) in [6.45, 7) is 3.82. The third-order valence-electron chi connectivity index (χ3n) is 2.69. The first-order valence-electron chi connectivity index (χ1n) is 5.44. The molecule has 2 atom stereocenters. The van der Waals surface area contributed by atoms with Crippen LogP contribution in [0.25, 0.3) is 0 Å². The van der Waals surface area contributed by atoms with Crippen molar-refractivity contribution < 1.29 is 15.0 Å². The van der Waals surface area contributed by atoms with Gasteiger partial charge in [0, 0.05) is 6.61 Å². The van der Waals surface area contributed by atoms with Crippen molar-refractivity contribution >= 4 is 5.97 Å². The number of aliphatic hydroxyl groups is 1. The Morgan fingerprint density at radius 3 is 2.62 bits per heavy atom. The minimum Gasteiger partial charge on any atom is -0.481 e. The second kappa shape index (κ2) is 5.66. The van der Waals surface area contributed by atoms with E-state index in [1.54, 1.807) is 0 Å². The van der Waals surface area contributed by atoms with Crippen molar-refractivity contribution in [1.29, 1.82) is 0 Å². The molecule has 0 aliphatic rings. The van der Waals surface area contributed by atoms with Gasteiger partial charge < -0.3 is 10.2 Å². The molecule has 2 N–H and O–H groups in total. The van der Waals surface area contributed by atoms with E-state index in [1.807, 2.05) is 38.1 Å². The molecule has 0 heterocycles. The van der Waals surface area contributed by atoms with Crippen LogP contribution in [0.2, 0.25) is 0 Å². The molecular weight excluding hydrogens is 204 g/mol. The van der Waals surface area contributed by atoms with Gasteiger partial charge in [-0.1, -0.05) is 36.8 Å². The monoisotopic (exact) mass is 222 g/mol. The summed E-state index contributed by atoms with van der Waals surface area (Å²) in [7, 11) is 0. The van der Waals surface area contributed by atoms with E-state index in [0.717, 1.165) is 11.1 Å². The summed E-state index contributed by atoms with van der Waals surface area (Å²) >= 11 is 0. The average molecular weight is 222 g/mol. The summed E-state index contributed by atoms with van der Waals surface area (Å²) in [5.41, 5.74) is 1.87. The van der Waals surface area contributed by atoms with E-state index < -0.39 is 11.9 Å². The Bertz CT molecular complexity index is 360. The molecule has 0 bridgehead atoms. The quantitative estimate of drug-likeness (QED) is 0.802. The predicted octanol–water partition coefficient (Wildman–Crippen LogP) is 2.18. The number of hydrogen-bond acceptors (Lipinski definition) is 2. The molecule has 3 nitrogen and oxygen atoms in total. The number of carboxylic acid groups (broad SMARTS) is 1.